The SMILES string of the molecule is CCCCc1nc2cc(-c3ccccn3)c(C(OC)OC)nc2n1CC1=CC=C(c2ccccc2-c2nn[nH]n2)CC1C. The zero-order valence-electron chi connectivity index (χ0n) is 25.0. The summed E-state index contributed by atoms with van der Waals surface area (Å²) in [7, 11) is 3.25. The van der Waals surface area contributed by atoms with Crippen LogP contribution in [0.1, 0.15) is 56.5 Å². The summed E-state index contributed by atoms with van der Waals surface area (Å²) in [6.07, 6.45) is 9.53. The third-order valence-corrected chi connectivity index (χ3v) is 8.03. The molecule has 0 saturated heterocycles. The second kappa shape index (κ2) is 12.8. The Hall–Kier alpha value is -4.54. The standard InChI is InChI=1S/C33H36N8O2/c1-5-6-14-29-35-28-19-26(27-13-9-10-17-34-27)30(33(42-3)43-4)36-32(28)41(29)20-23-16-15-22(18-21(23)2)24-11-7-8-12-25(24)31-37-39-40-38-31/h7-13,15-17,19,21,33H,5-6,14,18,20H2,1-4H3,(H,37,38,39,40). The molecule has 1 aliphatic rings. The highest BCUT2D eigenvalue weighted by atomic mass is 16.7. The van der Waals surface area contributed by atoms with E-state index in [0.717, 1.165) is 65.1 Å². The molecule has 10 nitrogen and oxygen atoms in total. The maximum atomic E-state index is 5.69. The molecule has 1 aliphatic carbocycles. The summed E-state index contributed by atoms with van der Waals surface area (Å²) in [5, 5.41) is 14.8. The van der Waals surface area contributed by atoms with E-state index in [2.05, 4.69) is 74.4 Å². The number of unbranched alkanes of at least 4 members (excludes halogenated alkanes) is 1. The molecule has 220 valence electrons. The van der Waals surface area contributed by atoms with Gasteiger partial charge in [0.25, 0.3) is 0 Å². The molecule has 0 radical (unpaired) electrons. The highest BCUT2D eigenvalue weighted by Gasteiger charge is 2.25. The van der Waals surface area contributed by atoms with Crippen molar-refractivity contribution in [3.63, 3.8) is 0 Å². The summed E-state index contributed by atoms with van der Waals surface area (Å²) >= 11 is 0. The van der Waals surface area contributed by atoms with Gasteiger partial charge in [0, 0.05) is 44.5 Å². The molecule has 1 unspecified atom stereocenters. The highest BCUT2D eigenvalue weighted by molar-refractivity contribution is 5.81. The van der Waals surface area contributed by atoms with Crippen LogP contribution in [0.3, 0.4) is 0 Å². The van der Waals surface area contributed by atoms with E-state index in [1.165, 1.54) is 11.1 Å². The number of rotatable bonds is 11. The molecule has 0 fully saturated rings. The Morgan fingerprint density at radius 1 is 1.00 bits per heavy atom. The predicted octanol–water partition coefficient (Wildman–Crippen LogP) is 6.36. The van der Waals surface area contributed by atoms with Gasteiger partial charge in [0.1, 0.15) is 17.0 Å². The predicted molar refractivity (Wildman–Crippen MR) is 166 cm³/mol. The first-order valence-electron chi connectivity index (χ1n) is 14.7. The molecule has 1 N–H and O–H groups in total. The van der Waals surface area contributed by atoms with E-state index in [4.69, 9.17) is 19.4 Å². The topological polar surface area (TPSA) is 117 Å². The third kappa shape index (κ3) is 5.76. The van der Waals surface area contributed by atoms with Crippen molar-refractivity contribution in [2.24, 2.45) is 5.92 Å². The van der Waals surface area contributed by atoms with Crippen LogP contribution in [0.2, 0.25) is 0 Å². The Morgan fingerprint density at radius 3 is 2.51 bits per heavy atom. The lowest BCUT2D eigenvalue weighted by atomic mass is 9.84. The van der Waals surface area contributed by atoms with Gasteiger partial charge in [-0.05, 0) is 58.9 Å². The van der Waals surface area contributed by atoms with Crippen LogP contribution in [0.15, 0.2) is 72.5 Å². The molecule has 0 bridgehead atoms. The molecule has 1 aromatic carbocycles. The van der Waals surface area contributed by atoms with Crippen LogP contribution in [0.5, 0.6) is 0 Å². The van der Waals surface area contributed by atoms with Crippen LogP contribution in [0.25, 0.3) is 39.4 Å². The average molecular weight is 577 g/mol. The maximum absolute atomic E-state index is 5.69. The smallest absolute Gasteiger partial charge is 0.205 e. The third-order valence-electron chi connectivity index (χ3n) is 8.03. The zero-order valence-corrected chi connectivity index (χ0v) is 25.0. The molecule has 0 spiro atoms. The van der Waals surface area contributed by atoms with Gasteiger partial charge in [0.05, 0.1) is 5.69 Å². The number of tetrazole rings is 1. The van der Waals surface area contributed by atoms with Crippen LogP contribution in [-0.4, -0.2) is 54.4 Å². The largest absolute Gasteiger partial charge is 0.350 e. The maximum Gasteiger partial charge on any atom is 0.205 e. The number of aromatic amines is 1. The van der Waals surface area contributed by atoms with Gasteiger partial charge in [-0.1, -0.05) is 62.8 Å². The lowest BCUT2D eigenvalue weighted by Gasteiger charge is -2.24. The van der Waals surface area contributed by atoms with Crippen molar-refractivity contribution in [1.82, 2.24) is 40.1 Å². The second-order valence-corrected chi connectivity index (χ2v) is 10.8. The monoisotopic (exact) mass is 576 g/mol. The Labute approximate surface area is 250 Å². The lowest BCUT2D eigenvalue weighted by Crippen LogP contribution is -2.15. The van der Waals surface area contributed by atoms with Gasteiger partial charge < -0.3 is 14.0 Å². The van der Waals surface area contributed by atoms with Gasteiger partial charge >= 0.3 is 0 Å². The minimum atomic E-state index is -0.638. The lowest BCUT2D eigenvalue weighted by molar-refractivity contribution is -0.108. The van der Waals surface area contributed by atoms with E-state index in [-0.39, 0.29) is 0 Å². The van der Waals surface area contributed by atoms with E-state index in [9.17, 15) is 0 Å². The summed E-state index contributed by atoms with van der Waals surface area (Å²) in [4.78, 5) is 14.9. The molecule has 0 amide bonds. The number of nitrogens with one attached hydrogen (secondary N) is 1. The second-order valence-electron chi connectivity index (χ2n) is 10.8. The molecule has 4 aromatic heterocycles. The average Bonchev–Trinajstić information content (AvgIpc) is 3.70. The number of hydrogen-bond acceptors (Lipinski definition) is 8. The van der Waals surface area contributed by atoms with Gasteiger partial charge in [-0.3, -0.25) is 4.98 Å². The molecule has 0 saturated carbocycles. The van der Waals surface area contributed by atoms with E-state index in [1.54, 1.807) is 20.4 Å². The van der Waals surface area contributed by atoms with E-state index in [1.807, 2.05) is 30.3 Å². The first-order chi connectivity index (χ1) is 21.1. The van der Waals surface area contributed by atoms with E-state index < -0.39 is 6.29 Å². The number of nitrogens with zero attached hydrogens (tertiary/aromatic N) is 7. The van der Waals surface area contributed by atoms with Gasteiger partial charge in [-0.25, -0.2) is 9.97 Å². The van der Waals surface area contributed by atoms with Crippen LogP contribution in [0.4, 0.5) is 0 Å². The van der Waals surface area contributed by atoms with Gasteiger partial charge in [0.2, 0.25) is 12.1 Å². The summed E-state index contributed by atoms with van der Waals surface area (Å²) in [6.45, 7) is 5.19. The molecular weight excluding hydrogens is 540 g/mol. The Kier molecular flexibility index (Phi) is 8.48. The number of methoxy groups -OCH3 is 2. The summed E-state index contributed by atoms with van der Waals surface area (Å²) in [6, 6.07) is 16.1. The molecule has 43 heavy (non-hydrogen) atoms. The van der Waals surface area contributed by atoms with E-state index >= 15 is 0 Å². The number of allylic oxidation sites excluding steroid dienone is 4. The number of hydrogen-bond donors (Lipinski definition) is 1. The summed E-state index contributed by atoms with van der Waals surface area (Å²) in [5.41, 5.74) is 8.68. The van der Waals surface area contributed by atoms with Gasteiger partial charge in [-0.15, -0.1) is 10.2 Å². The number of aromatic nitrogens is 8. The van der Waals surface area contributed by atoms with Crippen molar-refractivity contribution < 1.29 is 9.47 Å². The molecule has 10 heteroatoms. The van der Waals surface area contributed by atoms with Crippen LogP contribution >= 0.6 is 0 Å². The number of H-pyrrole nitrogens is 1. The van der Waals surface area contributed by atoms with Crippen molar-refractivity contribution >= 4 is 16.7 Å². The Morgan fingerprint density at radius 2 is 1.81 bits per heavy atom. The van der Waals surface area contributed by atoms with Crippen LogP contribution in [0, 0.1) is 5.92 Å². The number of imidazole rings is 1. The van der Waals surface area contributed by atoms with Gasteiger partial charge in [-0.2, -0.15) is 5.21 Å². The van der Waals surface area contributed by atoms with Gasteiger partial charge in [0.15, 0.2) is 5.65 Å². The van der Waals surface area contributed by atoms with Crippen LogP contribution in [-0.2, 0) is 22.4 Å². The molecule has 5 aromatic rings. The fraction of sp³-hybridized carbons (Fsp3) is 0.333. The number of ether oxygens (including phenoxy) is 2. The molecule has 4 heterocycles. The van der Waals surface area contributed by atoms with Crippen molar-refractivity contribution in [2.75, 3.05) is 14.2 Å². The molecular formula is C33H36N8O2. The van der Waals surface area contributed by atoms with Crippen molar-refractivity contribution in [3.05, 3.63) is 89.5 Å². The Bertz CT molecular complexity index is 1750. The minimum Gasteiger partial charge on any atom is -0.350 e. The van der Waals surface area contributed by atoms with Crippen molar-refractivity contribution in [1.29, 1.82) is 0 Å². The quantitative estimate of drug-likeness (QED) is 0.181. The summed E-state index contributed by atoms with van der Waals surface area (Å²) in [5.74, 6) is 1.94. The fourth-order valence-electron chi connectivity index (χ4n) is 5.75. The zero-order chi connectivity index (χ0) is 29.8. The first kappa shape index (κ1) is 28.6. The Balaban J connectivity index is 1.42. The first-order valence-corrected chi connectivity index (χ1v) is 14.7. The van der Waals surface area contributed by atoms with Crippen molar-refractivity contribution in [2.45, 2.75) is 52.4 Å². The fourth-order valence-corrected chi connectivity index (χ4v) is 5.75. The highest BCUT2D eigenvalue weighted by Crippen LogP contribution is 2.37. The number of fused-ring (bicyclic) bond motifs is 1. The molecule has 1 atom stereocenters. The van der Waals surface area contributed by atoms with Crippen molar-refractivity contribution in [3.8, 4) is 22.6 Å². The minimum absolute atomic E-state index is 0.313. The normalized spacial score (nSPS) is 15.2. The summed E-state index contributed by atoms with van der Waals surface area (Å²) < 4.78 is 13.7. The number of benzene rings is 1. The van der Waals surface area contributed by atoms with Crippen LogP contribution < -0.4 is 0 Å². The van der Waals surface area contributed by atoms with E-state index in [0.29, 0.717) is 24.0 Å². The number of pyridine rings is 2. The molecule has 6 rings (SSSR count). The number of aryl methyl sites for hydroxylation is 1. The molecule has 0 aliphatic heterocycles.